The molecular formula is C15H12N2O. The maximum atomic E-state index is 5.42. The van der Waals surface area contributed by atoms with Crippen LogP contribution in [0.15, 0.2) is 54.7 Å². The van der Waals surface area contributed by atoms with Gasteiger partial charge in [-0.1, -0.05) is 30.3 Å². The topological polar surface area (TPSA) is 35.0 Å². The molecule has 0 N–H and O–H groups in total. The molecule has 1 aromatic carbocycles. The van der Waals surface area contributed by atoms with Gasteiger partial charge in [-0.05, 0) is 18.2 Å². The zero-order valence-corrected chi connectivity index (χ0v) is 10.00. The summed E-state index contributed by atoms with van der Waals surface area (Å²) in [4.78, 5) is 8.86. The zero-order valence-electron chi connectivity index (χ0n) is 10.00. The highest BCUT2D eigenvalue weighted by Gasteiger charge is 2.09. The molecule has 0 saturated carbocycles. The number of fused-ring (bicyclic) bond motifs is 1. The maximum absolute atomic E-state index is 5.42. The molecule has 0 bridgehead atoms. The number of rotatable bonds is 2. The first kappa shape index (κ1) is 10.7. The van der Waals surface area contributed by atoms with Crippen molar-refractivity contribution in [3.63, 3.8) is 0 Å². The second-order valence-corrected chi connectivity index (χ2v) is 3.96. The van der Waals surface area contributed by atoms with Gasteiger partial charge in [0.25, 0.3) is 0 Å². The summed E-state index contributed by atoms with van der Waals surface area (Å²) in [7, 11) is 1.66. The highest BCUT2D eigenvalue weighted by molar-refractivity contribution is 5.82. The Morgan fingerprint density at radius 1 is 1.00 bits per heavy atom. The van der Waals surface area contributed by atoms with E-state index in [0.717, 1.165) is 28.0 Å². The minimum absolute atomic E-state index is 0.733. The third-order valence-corrected chi connectivity index (χ3v) is 2.82. The zero-order chi connectivity index (χ0) is 12.4. The van der Waals surface area contributed by atoms with Crippen molar-refractivity contribution in [2.75, 3.05) is 7.11 Å². The van der Waals surface area contributed by atoms with Crippen molar-refractivity contribution in [3.8, 4) is 17.0 Å². The van der Waals surface area contributed by atoms with Crippen molar-refractivity contribution < 1.29 is 4.74 Å². The van der Waals surface area contributed by atoms with Gasteiger partial charge in [-0.3, -0.25) is 0 Å². The van der Waals surface area contributed by atoms with Crippen LogP contribution < -0.4 is 4.74 Å². The Morgan fingerprint density at radius 2 is 1.83 bits per heavy atom. The summed E-state index contributed by atoms with van der Waals surface area (Å²) in [5.74, 6) is 0.765. The van der Waals surface area contributed by atoms with Crippen LogP contribution >= 0.6 is 0 Å². The van der Waals surface area contributed by atoms with E-state index in [0.29, 0.717) is 0 Å². The molecule has 88 valence electrons. The van der Waals surface area contributed by atoms with Gasteiger partial charge in [0.05, 0.1) is 7.11 Å². The Hall–Kier alpha value is -2.42. The van der Waals surface area contributed by atoms with E-state index in [-0.39, 0.29) is 0 Å². The average molecular weight is 236 g/mol. The molecule has 2 heterocycles. The Morgan fingerprint density at radius 3 is 2.61 bits per heavy atom. The molecule has 18 heavy (non-hydrogen) atoms. The fraction of sp³-hybridized carbons (Fsp3) is 0.0667. The summed E-state index contributed by atoms with van der Waals surface area (Å²) >= 11 is 0. The van der Waals surface area contributed by atoms with E-state index in [1.807, 2.05) is 48.5 Å². The van der Waals surface area contributed by atoms with E-state index in [4.69, 9.17) is 4.74 Å². The van der Waals surface area contributed by atoms with E-state index >= 15 is 0 Å². The standard InChI is InChI=1S/C15H12N2O/c1-18-13-10-12-8-5-9-16-15(12)17-14(13)11-6-3-2-4-7-11/h2-10H,1H3. The Labute approximate surface area is 105 Å². The number of pyridine rings is 2. The molecule has 3 heteroatoms. The maximum Gasteiger partial charge on any atom is 0.160 e. The van der Waals surface area contributed by atoms with Crippen LogP contribution in [0.25, 0.3) is 22.3 Å². The molecule has 0 aliphatic heterocycles. The molecule has 3 rings (SSSR count). The van der Waals surface area contributed by atoms with Crippen molar-refractivity contribution >= 4 is 11.0 Å². The predicted molar refractivity (Wildman–Crippen MR) is 71.5 cm³/mol. The molecule has 0 saturated heterocycles. The number of hydrogen-bond acceptors (Lipinski definition) is 3. The summed E-state index contributed by atoms with van der Waals surface area (Å²) in [5, 5.41) is 0.981. The lowest BCUT2D eigenvalue weighted by Crippen LogP contribution is -1.93. The largest absolute Gasteiger partial charge is 0.494 e. The lowest BCUT2D eigenvalue weighted by molar-refractivity contribution is 0.415. The number of nitrogens with zero attached hydrogens (tertiary/aromatic N) is 2. The molecule has 0 fully saturated rings. The highest BCUT2D eigenvalue weighted by atomic mass is 16.5. The number of hydrogen-bond donors (Lipinski definition) is 0. The Bertz CT molecular complexity index is 680. The van der Waals surface area contributed by atoms with E-state index in [9.17, 15) is 0 Å². The summed E-state index contributed by atoms with van der Waals surface area (Å²) in [6.07, 6.45) is 1.75. The first-order chi connectivity index (χ1) is 8.88. The lowest BCUT2D eigenvalue weighted by Gasteiger charge is -2.08. The third kappa shape index (κ3) is 1.80. The van der Waals surface area contributed by atoms with Gasteiger partial charge >= 0.3 is 0 Å². The highest BCUT2D eigenvalue weighted by Crippen LogP contribution is 2.30. The summed E-state index contributed by atoms with van der Waals surface area (Å²) in [6.45, 7) is 0. The van der Waals surface area contributed by atoms with E-state index < -0.39 is 0 Å². The number of aromatic nitrogens is 2. The Balaban J connectivity index is 2.27. The van der Waals surface area contributed by atoms with Gasteiger partial charge in [-0.25, -0.2) is 9.97 Å². The van der Waals surface area contributed by atoms with Crippen molar-refractivity contribution in [2.45, 2.75) is 0 Å². The SMILES string of the molecule is COc1cc2cccnc2nc1-c1ccccc1. The molecule has 0 atom stereocenters. The number of methoxy groups -OCH3 is 1. The van der Waals surface area contributed by atoms with E-state index in [1.54, 1.807) is 13.3 Å². The van der Waals surface area contributed by atoms with Crippen LogP contribution in [0.2, 0.25) is 0 Å². The number of benzene rings is 1. The minimum Gasteiger partial charge on any atom is -0.494 e. The van der Waals surface area contributed by atoms with Gasteiger partial charge in [0.15, 0.2) is 5.65 Å². The van der Waals surface area contributed by atoms with Gasteiger partial charge in [0.2, 0.25) is 0 Å². The molecular weight excluding hydrogens is 224 g/mol. The van der Waals surface area contributed by atoms with Crippen molar-refractivity contribution in [2.24, 2.45) is 0 Å². The molecule has 0 aliphatic carbocycles. The second-order valence-electron chi connectivity index (χ2n) is 3.96. The Kier molecular flexibility index (Phi) is 2.65. The molecule has 3 aromatic rings. The first-order valence-electron chi connectivity index (χ1n) is 5.73. The van der Waals surface area contributed by atoms with Crippen LogP contribution in [0.1, 0.15) is 0 Å². The van der Waals surface area contributed by atoms with Gasteiger partial charge in [0.1, 0.15) is 11.4 Å². The molecule has 0 amide bonds. The van der Waals surface area contributed by atoms with Crippen LogP contribution in [-0.4, -0.2) is 17.1 Å². The van der Waals surface area contributed by atoms with Crippen LogP contribution in [0, 0.1) is 0 Å². The summed E-state index contributed by atoms with van der Waals surface area (Å²) in [5.41, 5.74) is 2.59. The fourth-order valence-electron chi connectivity index (χ4n) is 1.94. The van der Waals surface area contributed by atoms with Gasteiger partial charge in [-0.2, -0.15) is 0 Å². The lowest BCUT2D eigenvalue weighted by atomic mass is 10.1. The average Bonchev–Trinajstić information content (AvgIpc) is 2.46. The third-order valence-electron chi connectivity index (χ3n) is 2.82. The predicted octanol–water partition coefficient (Wildman–Crippen LogP) is 3.31. The summed E-state index contributed by atoms with van der Waals surface area (Å²) in [6, 6.07) is 15.8. The molecule has 0 radical (unpaired) electrons. The van der Waals surface area contributed by atoms with Gasteiger partial charge in [-0.15, -0.1) is 0 Å². The molecule has 0 aliphatic rings. The first-order valence-corrected chi connectivity index (χ1v) is 5.73. The second kappa shape index (κ2) is 4.45. The van der Waals surface area contributed by atoms with Crippen LogP contribution in [0.5, 0.6) is 5.75 Å². The van der Waals surface area contributed by atoms with Crippen LogP contribution in [0.4, 0.5) is 0 Å². The molecule has 3 nitrogen and oxygen atoms in total. The minimum atomic E-state index is 0.733. The van der Waals surface area contributed by atoms with E-state index in [1.165, 1.54) is 0 Å². The number of ether oxygens (including phenoxy) is 1. The van der Waals surface area contributed by atoms with Crippen molar-refractivity contribution in [1.82, 2.24) is 9.97 Å². The van der Waals surface area contributed by atoms with Crippen LogP contribution in [-0.2, 0) is 0 Å². The van der Waals surface area contributed by atoms with Crippen molar-refractivity contribution in [3.05, 3.63) is 54.7 Å². The quantitative estimate of drug-likeness (QED) is 0.684. The monoisotopic (exact) mass is 236 g/mol. The molecule has 0 unspecified atom stereocenters. The van der Waals surface area contributed by atoms with E-state index in [2.05, 4.69) is 9.97 Å². The molecule has 2 aromatic heterocycles. The van der Waals surface area contributed by atoms with Gasteiger partial charge < -0.3 is 4.74 Å². The molecule has 0 spiro atoms. The van der Waals surface area contributed by atoms with Crippen molar-refractivity contribution in [1.29, 1.82) is 0 Å². The van der Waals surface area contributed by atoms with Gasteiger partial charge in [0, 0.05) is 17.1 Å². The van der Waals surface area contributed by atoms with Crippen LogP contribution in [0.3, 0.4) is 0 Å². The normalized spacial score (nSPS) is 10.5. The smallest absolute Gasteiger partial charge is 0.160 e. The fourth-order valence-corrected chi connectivity index (χ4v) is 1.94. The summed E-state index contributed by atoms with van der Waals surface area (Å²) < 4.78 is 5.42.